The van der Waals surface area contributed by atoms with E-state index in [9.17, 15) is 9.59 Å². The van der Waals surface area contributed by atoms with E-state index in [0.717, 1.165) is 21.3 Å². The molecular weight excluding hydrogens is 460 g/mol. The molecule has 0 unspecified atom stereocenters. The average Bonchev–Trinajstić information content (AvgIpc) is 3.18. The van der Waals surface area contributed by atoms with E-state index in [1.54, 1.807) is 18.5 Å². The van der Waals surface area contributed by atoms with Crippen LogP contribution < -0.4 is 15.6 Å². The van der Waals surface area contributed by atoms with Gasteiger partial charge in [-0.05, 0) is 77.8 Å². The van der Waals surface area contributed by atoms with Crippen molar-refractivity contribution in [3.63, 3.8) is 0 Å². The Balaban J connectivity index is 1.56. The molecule has 0 aliphatic carbocycles. The number of hydrogen-bond acceptors (Lipinski definition) is 4. The standard InChI is InChI=1S/C23H21BrN4O3/c1-3-31-17-7-5-16(6-8-17)20-13-21-23(30)27(10-11-28(21)26-20)14-22(29)25-19-9-4-15(2)12-18(19)24/h4-13H,3,14H2,1-2H3,(H,25,29). The summed E-state index contributed by atoms with van der Waals surface area (Å²) in [5.41, 5.74) is 3.40. The van der Waals surface area contributed by atoms with Crippen molar-refractivity contribution >= 4 is 33.0 Å². The lowest BCUT2D eigenvalue weighted by Gasteiger charge is -2.09. The predicted molar refractivity (Wildman–Crippen MR) is 124 cm³/mol. The molecule has 1 N–H and O–H groups in total. The number of carbonyl (C=O) groups excluding carboxylic acids is 1. The summed E-state index contributed by atoms with van der Waals surface area (Å²) in [6.45, 7) is 4.40. The summed E-state index contributed by atoms with van der Waals surface area (Å²) in [5, 5.41) is 7.31. The van der Waals surface area contributed by atoms with E-state index < -0.39 is 0 Å². The Bertz CT molecular complexity index is 1310. The summed E-state index contributed by atoms with van der Waals surface area (Å²) < 4.78 is 9.15. The second kappa shape index (κ2) is 8.77. The van der Waals surface area contributed by atoms with Crippen LogP contribution in [-0.2, 0) is 11.3 Å². The lowest BCUT2D eigenvalue weighted by Crippen LogP contribution is -2.28. The van der Waals surface area contributed by atoms with Crippen molar-refractivity contribution in [2.75, 3.05) is 11.9 Å². The molecule has 0 atom stereocenters. The number of amides is 1. The lowest BCUT2D eigenvalue weighted by atomic mass is 10.1. The van der Waals surface area contributed by atoms with Gasteiger partial charge in [0.25, 0.3) is 5.56 Å². The molecule has 4 aromatic rings. The number of aromatic nitrogens is 3. The van der Waals surface area contributed by atoms with Crippen molar-refractivity contribution in [2.24, 2.45) is 0 Å². The number of anilines is 1. The molecule has 7 nitrogen and oxygen atoms in total. The third-order valence-electron chi connectivity index (χ3n) is 4.78. The molecule has 2 heterocycles. The van der Waals surface area contributed by atoms with Crippen molar-refractivity contribution in [1.82, 2.24) is 14.2 Å². The van der Waals surface area contributed by atoms with E-state index in [-0.39, 0.29) is 18.0 Å². The molecule has 158 valence electrons. The largest absolute Gasteiger partial charge is 0.494 e. The number of benzene rings is 2. The van der Waals surface area contributed by atoms with Crippen molar-refractivity contribution in [3.05, 3.63) is 81.3 Å². The zero-order valence-electron chi connectivity index (χ0n) is 17.1. The topological polar surface area (TPSA) is 77.6 Å². The fraction of sp³-hybridized carbons (Fsp3) is 0.174. The Hall–Kier alpha value is -3.39. The third-order valence-corrected chi connectivity index (χ3v) is 5.43. The summed E-state index contributed by atoms with van der Waals surface area (Å²) in [5.74, 6) is 0.492. The van der Waals surface area contributed by atoms with E-state index >= 15 is 0 Å². The van der Waals surface area contributed by atoms with Crippen LogP contribution in [0.25, 0.3) is 16.8 Å². The van der Waals surface area contributed by atoms with Gasteiger partial charge in [-0.25, -0.2) is 4.52 Å². The number of carbonyl (C=O) groups is 1. The van der Waals surface area contributed by atoms with Gasteiger partial charge in [-0.1, -0.05) is 6.07 Å². The van der Waals surface area contributed by atoms with Crippen LogP contribution in [0.3, 0.4) is 0 Å². The molecule has 4 rings (SSSR count). The van der Waals surface area contributed by atoms with Crippen LogP contribution >= 0.6 is 15.9 Å². The fourth-order valence-corrected chi connectivity index (χ4v) is 3.84. The molecule has 31 heavy (non-hydrogen) atoms. The highest BCUT2D eigenvalue weighted by Gasteiger charge is 2.12. The van der Waals surface area contributed by atoms with Gasteiger partial charge in [0.1, 0.15) is 17.8 Å². The smallest absolute Gasteiger partial charge is 0.277 e. The molecule has 0 saturated heterocycles. The quantitative estimate of drug-likeness (QED) is 0.446. The molecule has 0 aliphatic rings. The van der Waals surface area contributed by atoms with E-state index in [1.165, 1.54) is 9.08 Å². The maximum absolute atomic E-state index is 12.9. The molecule has 8 heteroatoms. The molecule has 0 saturated carbocycles. The van der Waals surface area contributed by atoms with Crippen LogP contribution in [0, 0.1) is 6.92 Å². The molecule has 0 bridgehead atoms. The number of aryl methyl sites for hydroxylation is 1. The maximum atomic E-state index is 12.9. The zero-order valence-corrected chi connectivity index (χ0v) is 18.7. The monoisotopic (exact) mass is 480 g/mol. The zero-order chi connectivity index (χ0) is 22.0. The summed E-state index contributed by atoms with van der Waals surface area (Å²) in [4.78, 5) is 25.4. The van der Waals surface area contributed by atoms with E-state index in [1.807, 2.05) is 56.3 Å². The van der Waals surface area contributed by atoms with Crippen LogP contribution in [0.1, 0.15) is 12.5 Å². The van der Waals surface area contributed by atoms with Crippen LogP contribution in [0.15, 0.2) is 70.2 Å². The Morgan fingerprint density at radius 2 is 1.90 bits per heavy atom. The van der Waals surface area contributed by atoms with Crippen molar-refractivity contribution in [1.29, 1.82) is 0 Å². The lowest BCUT2D eigenvalue weighted by molar-refractivity contribution is -0.116. The van der Waals surface area contributed by atoms with Gasteiger partial charge < -0.3 is 14.6 Å². The van der Waals surface area contributed by atoms with Crippen LogP contribution in [-0.4, -0.2) is 26.7 Å². The normalized spacial score (nSPS) is 10.9. The molecule has 0 fully saturated rings. The number of nitrogens with one attached hydrogen (secondary N) is 1. The SMILES string of the molecule is CCOc1ccc(-c2cc3c(=O)n(CC(=O)Nc4ccc(C)cc4Br)ccn3n2)cc1. The van der Waals surface area contributed by atoms with Gasteiger partial charge in [-0.2, -0.15) is 5.10 Å². The highest BCUT2D eigenvalue weighted by molar-refractivity contribution is 9.10. The highest BCUT2D eigenvalue weighted by Crippen LogP contribution is 2.24. The minimum Gasteiger partial charge on any atom is -0.494 e. The summed E-state index contributed by atoms with van der Waals surface area (Å²) in [6, 6.07) is 14.9. The number of fused-ring (bicyclic) bond motifs is 1. The fourth-order valence-electron chi connectivity index (χ4n) is 3.25. The number of ether oxygens (including phenoxy) is 1. The van der Waals surface area contributed by atoms with Crippen molar-refractivity contribution in [2.45, 2.75) is 20.4 Å². The van der Waals surface area contributed by atoms with Gasteiger partial charge in [0.15, 0.2) is 0 Å². The third kappa shape index (κ3) is 4.54. The maximum Gasteiger partial charge on any atom is 0.277 e. The van der Waals surface area contributed by atoms with Gasteiger partial charge in [0.2, 0.25) is 5.91 Å². The molecule has 0 radical (unpaired) electrons. The second-order valence-corrected chi connectivity index (χ2v) is 7.93. The molecule has 0 aliphatic heterocycles. The Kier molecular flexibility index (Phi) is 5.90. The summed E-state index contributed by atoms with van der Waals surface area (Å²) in [7, 11) is 0. The van der Waals surface area contributed by atoms with Gasteiger partial charge in [-0.15, -0.1) is 0 Å². The van der Waals surface area contributed by atoms with Gasteiger partial charge in [0, 0.05) is 22.4 Å². The molecule has 1 amide bonds. The first kappa shape index (κ1) is 20.9. The highest BCUT2D eigenvalue weighted by atomic mass is 79.9. The van der Waals surface area contributed by atoms with Crippen LogP contribution in [0.5, 0.6) is 5.75 Å². The van der Waals surface area contributed by atoms with Crippen molar-refractivity contribution in [3.8, 4) is 17.0 Å². The first-order valence-electron chi connectivity index (χ1n) is 9.82. The van der Waals surface area contributed by atoms with Gasteiger partial charge in [0.05, 0.1) is 18.0 Å². The summed E-state index contributed by atoms with van der Waals surface area (Å²) in [6.07, 6.45) is 3.23. The van der Waals surface area contributed by atoms with E-state index in [4.69, 9.17) is 4.74 Å². The Morgan fingerprint density at radius 1 is 1.13 bits per heavy atom. The van der Waals surface area contributed by atoms with Crippen LogP contribution in [0.2, 0.25) is 0 Å². The number of halogens is 1. The molecule has 2 aromatic carbocycles. The van der Waals surface area contributed by atoms with E-state index in [0.29, 0.717) is 23.5 Å². The van der Waals surface area contributed by atoms with Crippen LogP contribution in [0.4, 0.5) is 5.69 Å². The Labute approximate surface area is 187 Å². The first-order valence-corrected chi connectivity index (χ1v) is 10.6. The number of hydrogen-bond donors (Lipinski definition) is 1. The molecule has 0 spiro atoms. The second-order valence-electron chi connectivity index (χ2n) is 7.08. The molecule has 2 aromatic heterocycles. The number of nitrogens with zero attached hydrogens (tertiary/aromatic N) is 3. The predicted octanol–water partition coefficient (Wildman–Crippen LogP) is 4.27. The summed E-state index contributed by atoms with van der Waals surface area (Å²) >= 11 is 3.44. The van der Waals surface area contributed by atoms with Gasteiger partial charge >= 0.3 is 0 Å². The minimum absolute atomic E-state index is 0.0980. The first-order chi connectivity index (χ1) is 14.9. The number of rotatable bonds is 6. The van der Waals surface area contributed by atoms with Crippen molar-refractivity contribution < 1.29 is 9.53 Å². The van der Waals surface area contributed by atoms with Gasteiger partial charge in [-0.3, -0.25) is 9.59 Å². The Morgan fingerprint density at radius 3 is 2.61 bits per heavy atom. The molecular formula is C23H21BrN4O3. The minimum atomic E-state index is -0.290. The van der Waals surface area contributed by atoms with E-state index in [2.05, 4.69) is 26.3 Å². The average molecular weight is 481 g/mol.